The molecule has 0 amide bonds. The number of benzene rings is 1. The lowest BCUT2D eigenvalue weighted by Gasteiger charge is -2.14. The average molecular weight is 410 g/mol. The van der Waals surface area contributed by atoms with Gasteiger partial charge in [-0.05, 0) is 25.1 Å². The van der Waals surface area contributed by atoms with Crippen molar-refractivity contribution in [2.75, 3.05) is 6.61 Å². The summed E-state index contributed by atoms with van der Waals surface area (Å²) >= 11 is 0. The van der Waals surface area contributed by atoms with Gasteiger partial charge in [-0.1, -0.05) is 0 Å². The van der Waals surface area contributed by atoms with Crippen LogP contribution in [-0.2, 0) is 24.9 Å². The highest BCUT2D eigenvalue weighted by Crippen LogP contribution is 2.30. The summed E-state index contributed by atoms with van der Waals surface area (Å²) in [4.78, 5) is 4.67. The largest absolute Gasteiger partial charge is 0.373 e. The van der Waals surface area contributed by atoms with E-state index in [1.54, 1.807) is 15.6 Å². The van der Waals surface area contributed by atoms with Crippen molar-refractivity contribution in [3.63, 3.8) is 0 Å². The molecule has 1 aromatic carbocycles. The molecule has 0 spiro atoms. The van der Waals surface area contributed by atoms with Gasteiger partial charge in [0.2, 0.25) is 0 Å². The second kappa shape index (κ2) is 7.17. The Kier molecular flexibility index (Phi) is 4.47. The number of nitrogens with zero attached hydrogens (tertiary/aromatic N) is 6. The van der Waals surface area contributed by atoms with E-state index in [0.717, 1.165) is 29.4 Å². The van der Waals surface area contributed by atoms with E-state index in [4.69, 9.17) is 4.74 Å². The molecule has 1 atom stereocenters. The molecular formula is C21H20F2N6O. The van der Waals surface area contributed by atoms with Crippen molar-refractivity contribution >= 4 is 0 Å². The van der Waals surface area contributed by atoms with E-state index in [9.17, 15) is 8.78 Å². The standard InChI is InChI=1S/C21H20F2N6O/c1-13(16-9-24-27(2)10-16)29-21(15-7-19-12-30-4-3-28(19)11-15)25-20(26-29)14-5-17(22)8-18(23)6-14/h5-11,13H,3-4,12H2,1-2H3. The Balaban J connectivity index is 1.65. The van der Waals surface area contributed by atoms with Crippen molar-refractivity contribution in [2.45, 2.75) is 26.1 Å². The maximum absolute atomic E-state index is 13.8. The Labute approximate surface area is 171 Å². The summed E-state index contributed by atoms with van der Waals surface area (Å²) < 4.78 is 38.8. The monoisotopic (exact) mass is 410 g/mol. The highest BCUT2D eigenvalue weighted by atomic mass is 19.1. The van der Waals surface area contributed by atoms with Gasteiger partial charge in [-0.3, -0.25) is 4.68 Å². The number of aromatic nitrogens is 6. The topological polar surface area (TPSA) is 62.7 Å². The van der Waals surface area contributed by atoms with Crippen LogP contribution in [0.1, 0.15) is 24.2 Å². The maximum atomic E-state index is 13.8. The van der Waals surface area contributed by atoms with Crippen LogP contribution in [0.25, 0.3) is 22.8 Å². The van der Waals surface area contributed by atoms with Crippen LogP contribution in [0.15, 0.2) is 42.9 Å². The van der Waals surface area contributed by atoms with E-state index in [2.05, 4.69) is 19.7 Å². The number of fused-ring (bicyclic) bond motifs is 1. The summed E-state index contributed by atoms with van der Waals surface area (Å²) in [6.07, 6.45) is 5.71. The van der Waals surface area contributed by atoms with Crippen molar-refractivity contribution in [3.8, 4) is 22.8 Å². The molecule has 3 aromatic heterocycles. The van der Waals surface area contributed by atoms with Gasteiger partial charge in [0, 0.05) is 54.4 Å². The van der Waals surface area contributed by atoms with Crippen molar-refractivity contribution < 1.29 is 13.5 Å². The molecule has 5 rings (SSSR count). The highest BCUT2D eigenvalue weighted by Gasteiger charge is 2.23. The number of rotatable bonds is 4. The number of halogens is 2. The Hall–Kier alpha value is -3.33. The molecule has 0 fully saturated rings. The first-order valence-electron chi connectivity index (χ1n) is 9.66. The van der Waals surface area contributed by atoms with Crippen LogP contribution in [0, 0.1) is 11.6 Å². The zero-order valence-electron chi connectivity index (χ0n) is 16.6. The lowest BCUT2D eigenvalue weighted by molar-refractivity contribution is 0.0850. The maximum Gasteiger partial charge on any atom is 0.181 e. The summed E-state index contributed by atoms with van der Waals surface area (Å²) in [7, 11) is 1.85. The Morgan fingerprint density at radius 2 is 1.87 bits per heavy atom. The molecule has 0 N–H and O–H groups in total. The molecule has 0 saturated carbocycles. The first-order valence-corrected chi connectivity index (χ1v) is 9.66. The lowest BCUT2D eigenvalue weighted by atomic mass is 10.2. The molecule has 1 unspecified atom stereocenters. The smallest absolute Gasteiger partial charge is 0.181 e. The van der Waals surface area contributed by atoms with Gasteiger partial charge < -0.3 is 9.30 Å². The number of hydrogen-bond acceptors (Lipinski definition) is 4. The first-order chi connectivity index (χ1) is 14.5. The minimum atomic E-state index is -0.667. The van der Waals surface area contributed by atoms with Gasteiger partial charge in [0.05, 0.1) is 25.5 Å². The molecule has 4 aromatic rings. The second-order valence-corrected chi connectivity index (χ2v) is 7.45. The molecule has 0 bridgehead atoms. The van der Waals surface area contributed by atoms with Crippen molar-refractivity contribution in [1.29, 1.82) is 0 Å². The van der Waals surface area contributed by atoms with Gasteiger partial charge in [-0.25, -0.2) is 18.4 Å². The zero-order valence-corrected chi connectivity index (χ0v) is 16.6. The molecule has 1 aliphatic heterocycles. The molecule has 0 radical (unpaired) electrons. The summed E-state index contributed by atoms with van der Waals surface area (Å²) in [5, 5.41) is 8.87. The van der Waals surface area contributed by atoms with Crippen molar-refractivity contribution in [3.05, 3.63) is 65.7 Å². The normalized spacial score (nSPS) is 14.7. The number of hydrogen-bond donors (Lipinski definition) is 0. The quantitative estimate of drug-likeness (QED) is 0.516. The molecule has 0 aliphatic carbocycles. The first kappa shape index (κ1) is 18.7. The highest BCUT2D eigenvalue weighted by molar-refractivity contribution is 5.62. The fourth-order valence-electron chi connectivity index (χ4n) is 3.74. The lowest BCUT2D eigenvalue weighted by Crippen LogP contribution is -2.14. The number of aryl methyl sites for hydroxylation is 1. The van der Waals surface area contributed by atoms with Crippen molar-refractivity contribution in [1.82, 2.24) is 29.1 Å². The molecule has 1 aliphatic rings. The number of ether oxygens (including phenoxy) is 1. The SMILES string of the molecule is CC(c1cnn(C)c1)n1nc(-c2cc(F)cc(F)c2)nc1-c1cc2n(c1)CCOC2. The molecule has 0 saturated heterocycles. The van der Waals surface area contributed by atoms with E-state index >= 15 is 0 Å². The van der Waals surface area contributed by atoms with Gasteiger partial charge in [-0.2, -0.15) is 5.10 Å². The van der Waals surface area contributed by atoms with Gasteiger partial charge in [0.1, 0.15) is 11.6 Å². The zero-order chi connectivity index (χ0) is 20.8. The van der Waals surface area contributed by atoms with Crippen LogP contribution in [0.3, 0.4) is 0 Å². The third kappa shape index (κ3) is 3.30. The van der Waals surface area contributed by atoms with E-state index < -0.39 is 11.6 Å². The van der Waals surface area contributed by atoms with Gasteiger partial charge in [0.15, 0.2) is 11.6 Å². The van der Waals surface area contributed by atoms with Gasteiger partial charge in [0.25, 0.3) is 0 Å². The molecule has 30 heavy (non-hydrogen) atoms. The minimum absolute atomic E-state index is 0.179. The third-order valence-corrected chi connectivity index (χ3v) is 5.30. The molecule has 7 nitrogen and oxygen atoms in total. The van der Waals surface area contributed by atoms with Crippen LogP contribution in [0.5, 0.6) is 0 Å². The molecule has 154 valence electrons. The molecule has 9 heteroatoms. The van der Waals surface area contributed by atoms with Crippen LogP contribution in [-0.4, -0.2) is 35.7 Å². The summed E-state index contributed by atoms with van der Waals surface area (Å²) in [5.74, 6) is -0.452. The van der Waals surface area contributed by atoms with Crippen molar-refractivity contribution in [2.24, 2.45) is 7.05 Å². The Morgan fingerprint density at radius 1 is 1.07 bits per heavy atom. The minimum Gasteiger partial charge on any atom is -0.373 e. The van der Waals surface area contributed by atoms with E-state index in [-0.39, 0.29) is 17.4 Å². The van der Waals surface area contributed by atoms with Crippen LogP contribution >= 0.6 is 0 Å². The fourth-order valence-corrected chi connectivity index (χ4v) is 3.74. The third-order valence-electron chi connectivity index (χ3n) is 5.30. The average Bonchev–Trinajstić information content (AvgIpc) is 3.44. The predicted molar refractivity (Wildman–Crippen MR) is 105 cm³/mol. The van der Waals surface area contributed by atoms with Crippen LogP contribution in [0.2, 0.25) is 0 Å². The summed E-state index contributed by atoms with van der Waals surface area (Å²) in [6.45, 7) is 3.95. The van der Waals surface area contributed by atoms with Gasteiger partial charge >= 0.3 is 0 Å². The van der Waals surface area contributed by atoms with Gasteiger partial charge in [-0.15, -0.1) is 5.10 Å². The fraction of sp³-hybridized carbons (Fsp3) is 0.286. The van der Waals surface area contributed by atoms with E-state index in [0.29, 0.717) is 19.0 Å². The van der Waals surface area contributed by atoms with E-state index in [1.165, 1.54) is 12.1 Å². The molecular weight excluding hydrogens is 390 g/mol. The summed E-state index contributed by atoms with van der Waals surface area (Å²) in [5.41, 5.74) is 3.17. The summed E-state index contributed by atoms with van der Waals surface area (Å²) in [6, 6.07) is 5.15. The van der Waals surface area contributed by atoms with E-state index in [1.807, 2.05) is 32.4 Å². The predicted octanol–water partition coefficient (Wildman–Crippen LogP) is 3.56. The Morgan fingerprint density at radius 3 is 2.57 bits per heavy atom. The molecule has 4 heterocycles. The second-order valence-electron chi connectivity index (χ2n) is 7.45. The Bertz CT molecular complexity index is 1180. The van der Waals surface area contributed by atoms with Crippen LogP contribution < -0.4 is 0 Å². The van der Waals surface area contributed by atoms with Crippen LogP contribution in [0.4, 0.5) is 8.78 Å².